The monoisotopic (exact) mass is 589 g/mol. The molecule has 0 spiro atoms. The molecule has 0 atom stereocenters. The number of rotatable bonds is 11. The summed E-state index contributed by atoms with van der Waals surface area (Å²) in [6.07, 6.45) is 2.45. The van der Waals surface area contributed by atoms with Gasteiger partial charge in [0, 0.05) is 0 Å². The van der Waals surface area contributed by atoms with E-state index in [0.717, 1.165) is 21.7 Å². The second kappa shape index (κ2) is 12.6. The van der Waals surface area contributed by atoms with Gasteiger partial charge in [0.15, 0.2) is 11.5 Å². The van der Waals surface area contributed by atoms with Crippen LogP contribution in [0.1, 0.15) is 16.7 Å². The van der Waals surface area contributed by atoms with Crippen LogP contribution in [-0.4, -0.2) is 47.6 Å². The topological polar surface area (TPSA) is 107 Å². The quantitative estimate of drug-likeness (QED) is 0.264. The molecule has 1 N–H and O–H groups in total. The number of hydrogen-bond acceptors (Lipinski definition) is 7. The lowest BCUT2D eigenvalue weighted by Crippen LogP contribution is -2.39. The van der Waals surface area contributed by atoms with Gasteiger partial charge in [-0.2, -0.15) is 5.10 Å². The van der Waals surface area contributed by atoms with Crippen LogP contribution in [0.25, 0.3) is 0 Å². The first kappa shape index (κ1) is 28.0. The van der Waals surface area contributed by atoms with Crippen molar-refractivity contribution in [2.45, 2.75) is 13.5 Å². The van der Waals surface area contributed by atoms with Gasteiger partial charge in [0.25, 0.3) is 5.91 Å². The van der Waals surface area contributed by atoms with Crippen LogP contribution in [-0.2, 0) is 21.4 Å². The number of aryl methyl sites for hydroxylation is 1. The number of carbonyl (C=O) groups is 1. The first-order valence-electron chi connectivity index (χ1n) is 11.1. The summed E-state index contributed by atoms with van der Waals surface area (Å²) < 4.78 is 43.2. The van der Waals surface area contributed by atoms with Crippen LogP contribution in [0.15, 0.2) is 70.2 Å². The molecule has 3 rings (SSSR count). The SMILES string of the molecule is COc1ccc(C)cc1N(CC(=O)N/N=C\c1cc(Br)c(OCc2ccccc2)c(OC)c1)S(C)(=O)=O. The van der Waals surface area contributed by atoms with Gasteiger partial charge in [-0.15, -0.1) is 0 Å². The molecule has 1 amide bonds. The van der Waals surface area contributed by atoms with Gasteiger partial charge in [0.1, 0.15) is 18.9 Å². The van der Waals surface area contributed by atoms with Crippen molar-refractivity contribution in [3.05, 3.63) is 81.8 Å². The number of nitrogens with one attached hydrogen (secondary N) is 1. The van der Waals surface area contributed by atoms with Gasteiger partial charge in [-0.05, 0) is 63.8 Å². The normalized spacial score (nSPS) is 11.3. The number of carbonyl (C=O) groups excluding carboxylic acids is 1. The van der Waals surface area contributed by atoms with E-state index in [1.54, 1.807) is 30.3 Å². The molecule has 3 aromatic rings. The van der Waals surface area contributed by atoms with E-state index in [9.17, 15) is 13.2 Å². The van der Waals surface area contributed by atoms with E-state index in [2.05, 4.69) is 26.5 Å². The minimum Gasteiger partial charge on any atom is -0.495 e. The highest BCUT2D eigenvalue weighted by Gasteiger charge is 2.24. The largest absolute Gasteiger partial charge is 0.495 e. The number of methoxy groups -OCH3 is 2. The van der Waals surface area contributed by atoms with E-state index in [4.69, 9.17) is 14.2 Å². The van der Waals surface area contributed by atoms with Crippen molar-refractivity contribution in [3.8, 4) is 17.2 Å². The molecule has 0 aliphatic carbocycles. The number of anilines is 1. The van der Waals surface area contributed by atoms with Crippen LogP contribution in [0.4, 0.5) is 5.69 Å². The van der Waals surface area contributed by atoms with Gasteiger partial charge in [-0.1, -0.05) is 36.4 Å². The fraction of sp³-hybridized carbons (Fsp3) is 0.231. The number of amides is 1. The molecule has 3 aromatic carbocycles. The van der Waals surface area contributed by atoms with Gasteiger partial charge >= 0.3 is 0 Å². The molecule has 0 saturated heterocycles. The number of benzene rings is 3. The Morgan fingerprint density at radius 3 is 2.41 bits per heavy atom. The van der Waals surface area contributed by atoms with Crippen molar-refractivity contribution in [3.63, 3.8) is 0 Å². The standard InChI is InChI=1S/C26H28BrN3O6S/c1-18-10-11-23(34-2)22(12-18)30(37(4,32)33)16-25(31)29-28-15-20-13-21(27)26(24(14-20)35-3)36-17-19-8-6-5-7-9-19/h5-15H,16-17H2,1-4H3,(H,29,31)/b28-15-. The molecule has 0 bridgehead atoms. The van der Waals surface area contributed by atoms with E-state index < -0.39 is 22.5 Å². The van der Waals surface area contributed by atoms with Gasteiger partial charge in [0.05, 0.1) is 36.9 Å². The first-order chi connectivity index (χ1) is 17.6. The van der Waals surface area contributed by atoms with Crippen LogP contribution in [0.3, 0.4) is 0 Å². The van der Waals surface area contributed by atoms with Gasteiger partial charge in [-0.25, -0.2) is 13.8 Å². The highest BCUT2D eigenvalue weighted by molar-refractivity contribution is 9.10. The number of sulfonamides is 1. The van der Waals surface area contributed by atoms with Crippen molar-refractivity contribution < 1.29 is 27.4 Å². The number of hydrazone groups is 1. The fourth-order valence-electron chi connectivity index (χ4n) is 3.40. The molecule has 0 radical (unpaired) electrons. The van der Waals surface area contributed by atoms with E-state index >= 15 is 0 Å². The second-order valence-electron chi connectivity index (χ2n) is 8.05. The molecule has 9 nitrogen and oxygen atoms in total. The smallest absolute Gasteiger partial charge is 0.260 e. The summed E-state index contributed by atoms with van der Waals surface area (Å²) >= 11 is 3.49. The van der Waals surface area contributed by atoms with E-state index in [1.807, 2.05) is 37.3 Å². The summed E-state index contributed by atoms with van der Waals surface area (Å²) in [5.74, 6) is 0.717. The van der Waals surface area contributed by atoms with Gasteiger partial charge < -0.3 is 14.2 Å². The van der Waals surface area contributed by atoms with Crippen LogP contribution < -0.4 is 23.9 Å². The average Bonchev–Trinajstić information content (AvgIpc) is 2.86. The first-order valence-corrected chi connectivity index (χ1v) is 13.7. The van der Waals surface area contributed by atoms with Crippen LogP contribution in [0.5, 0.6) is 17.2 Å². The Bertz CT molecular complexity index is 1380. The molecule has 0 aliphatic heterocycles. The van der Waals surface area contributed by atoms with Crippen molar-refractivity contribution in [2.24, 2.45) is 5.10 Å². The molecule has 0 aliphatic rings. The third-order valence-electron chi connectivity index (χ3n) is 5.17. The van der Waals surface area contributed by atoms with E-state index in [-0.39, 0.29) is 5.69 Å². The average molecular weight is 590 g/mol. The predicted molar refractivity (Wildman–Crippen MR) is 147 cm³/mol. The Hall–Kier alpha value is -3.57. The lowest BCUT2D eigenvalue weighted by atomic mass is 10.2. The summed E-state index contributed by atoms with van der Waals surface area (Å²) in [6.45, 7) is 1.70. The fourth-order valence-corrected chi connectivity index (χ4v) is 4.83. The summed E-state index contributed by atoms with van der Waals surface area (Å²) in [7, 11) is -0.820. The Balaban J connectivity index is 1.71. The Labute approximate surface area is 225 Å². The maximum absolute atomic E-state index is 12.6. The molecular weight excluding hydrogens is 562 g/mol. The summed E-state index contributed by atoms with van der Waals surface area (Å²) in [5.41, 5.74) is 5.09. The number of nitrogens with zero attached hydrogens (tertiary/aromatic N) is 2. The number of ether oxygens (including phenoxy) is 3. The van der Waals surface area contributed by atoms with E-state index in [1.165, 1.54) is 20.4 Å². The Kier molecular flexibility index (Phi) is 9.54. The molecular formula is C26H28BrN3O6S. The van der Waals surface area contributed by atoms with Crippen molar-refractivity contribution in [1.29, 1.82) is 0 Å². The highest BCUT2D eigenvalue weighted by atomic mass is 79.9. The van der Waals surface area contributed by atoms with Crippen LogP contribution >= 0.6 is 15.9 Å². The predicted octanol–water partition coefficient (Wildman–Crippen LogP) is 4.27. The maximum Gasteiger partial charge on any atom is 0.260 e. The molecule has 0 unspecified atom stereocenters. The number of hydrogen-bond donors (Lipinski definition) is 1. The Morgan fingerprint density at radius 2 is 1.76 bits per heavy atom. The summed E-state index contributed by atoms with van der Waals surface area (Å²) in [4.78, 5) is 12.6. The molecule has 0 saturated carbocycles. The third-order valence-corrected chi connectivity index (χ3v) is 6.89. The minimum absolute atomic E-state index is 0.267. The lowest BCUT2D eigenvalue weighted by Gasteiger charge is -2.23. The molecule has 37 heavy (non-hydrogen) atoms. The summed E-state index contributed by atoms with van der Waals surface area (Å²) in [6, 6.07) is 18.3. The molecule has 196 valence electrons. The van der Waals surface area contributed by atoms with Crippen LogP contribution in [0, 0.1) is 6.92 Å². The minimum atomic E-state index is -3.78. The second-order valence-corrected chi connectivity index (χ2v) is 10.8. The molecule has 0 aromatic heterocycles. The third kappa shape index (κ3) is 7.70. The van der Waals surface area contributed by atoms with Gasteiger partial charge in [-0.3, -0.25) is 9.10 Å². The Morgan fingerprint density at radius 1 is 1.05 bits per heavy atom. The zero-order valence-corrected chi connectivity index (χ0v) is 23.3. The van der Waals surface area contributed by atoms with Crippen molar-refractivity contribution in [2.75, 3.05) is 31.3 Å². The van der Waals surface area contributed by atoms with Gasteiger partial charge in [0.2, 0.25) is 10.0 Å². The zero-order chi connectivity index (χ0) is 27.0. The zero-order valence-electron chi connectivity index (χ0n) is 20.9. The van der Waals surface area contributed by atoms with Crippen molar-refractivity contribution in [1.82, 2.24) is 5.43 Å². The number of halogens is 1. The molecule has 11 heteroatoms. The van der Waals surface area contributed by atoms with E-state index in [0.29, 0.717) is 33.9 Å². The molecule has 0 fully saturated rings. The molecule has 0 heterocycles. The van der Waals surface area contributed by atoms with Crippen LogP contribution in [0.2, 0.25) is 0 Å². The maximum atomic E-state index is 12.6. The lowest BCUT2D eigenvalue weighted by molar-refractivity contribution is -0.119. The highest BCUT2D eigenvalue weighted by Crippen LogP contribution is 2.37. The van der Waals surface area contributed by atoms with Crippen molar-refractivity contribution >= 4 is 43.8 Å². The summed E-state index contributed by atoms with van der Waals surface area (Å²) in [5, 5.41) is 3.98.